The number of alkyl halides is 3. The minimum atomic E-state index is -5.49. The van der Waals surface area contributed by atoms with E-state index in [4.69, 9.17) is 13.9 Å². The van der Waals surface area contributed by atoms with E-state index in [-0.39, 0.29) is 22.8 Å². The first-order valence-corrected chi connectivity index (χ1v) is 16.4. The van der Waals surface area contributed by atoms with E-state index in [2.05, 4.69) is 4.98 Å². The molecule has 0 saturated heterocycles. The van der Waals surface area contributed by atoms with Crippen LogP contribution in [0.2, 0.25) is 0 Å². The highest BCUT2D eigenvalue weighted by molar-refractivity contribution is 7.92. The fraction of sp³-hybridized carbons (Fsp3) is 0.531. The van der Waals surface area contributed by atoms with Crippen molar-refractivity contribution in [2.75, 3.05) is 13.2 Å². The molecule has 3 aromatic rings. The van der Waals surface area contributed by atoms with Crippen molar-refractivity contribution in [3.8, 4) is 17.0 Å². The van der Waals surface area contributed by atoms with E-state index in [0.29, 0.717) is 24.5 Å². The van der Waals surface area contributed by atoms with Crippen LogP contribution < -0.4 is 10.4 Å². The Bertz CT molecular complexity index is 1550. The van der Waals surface area contributed by atoms with Gasteiger partial charge < -0.3 is 13.9 Å². The molecule has 0 bridgehead atoms. The molecule has 0 aliphatic rings. The maximum Gasteiger partial charge on any atom is 0.501 e. The summed E-state index contributed by atoms with van der Waals surface area (Å²) < 4.78 is 77.9. The van der Waals surface area contributed by atoms with Crippen molar-refractivity contribution >= 4 is 26.9 Å². The Morgan fingerprint density at radius 2 is 1.43 bits per heavy atom. The van der Waals surface area contributed by atoms with Gasteiger partial charge in [0.1, 0.15) is 0 Å². The molecule has 0 fully saturated rings. The first-order valence-electron chi connectivity index (χ1n) is 14.9. The number of carbonyl (C=O) groups excluding carboxylic acids is 1. The van der Waals surface area contributed by atoms with Gasteiger partial charge >= 0.3 is 17.1 Å². The normalized spacial score (nSPS) is 12.4. The van der Waals surface area contributed by atoms with Crippen molar-refractivity contribution in [3.63, 3.8) is 0 Å². The lowest BCUT2D eigenvalue weighted by Gasteiger charge is -2.20. The number of rotatable bonds is 17. The van der Waals surface area contributed by atoms with Gasteiger partial charge in [0.25, 0.3) is 9.84 Å². The highest BCUT2D eigenvalue weighted by atomic mass is 32.2. The van der Waals surface area contributed by atoms with Crippen LogP contribution in [0.5, 0.6) is 5.88 Å². The van der Waals surface area contributed by atoms with Crippen LogP contribution in [0.3, 0.4) is 0 Å². The Labute approximate surface area is 255 Å². The molecule has 0 spiro atoms. The van der Waals surface area contributed by atoms with Crippen LogP contribution in [0.25, 0.3) is 22.2 Å². The fourth-order valence-corrected chi connectivity index (χ4v) is 5.10. The number of hydrogen-bond acceptors (Lipinski definition) is 8. The van der Waals surface area contributed by atoms with E-state index < -0.39 is 31.3 Å². The third-order valence-corrected chi connectivity index (χ3v) is 9.06. The van der Waals surface area contributed by atoms with Crippen LogP contribution >= 0.6 is 0 Å². The molecule has 1 aromatic carbocycles. The first kappa shape index (κ1) is 35.1. The molecule has 0 amide bonds. The average molecular weight is 640 g/mol. The second-order valence-corrected chi connectivity index (χ2v) is 13.3. The molecule has 242 valence electrons. The Morgan fingerprint density at radius 1 is 0.864 bits per heavy atom. The number of fused-ring (bicyclic) bond motifs is 1. The lowest BCUT2D eigenvalue weighted by molar-refractivity contribution is -0.154. The van der Waals surface area contributed by atoms with Crippen LogP contribution in [0.15, 0.2) is 56.6 Å². The molecular weight excluding hydrogens is 599 g/mol. The standard InChI is InChI=1S/C32H40F3NO7S/c1-4-31(2,3)30(38)42-21-13-11-9-7-5-6-8-10-12-20-41-27-19-16-24-22-26(29(37)43-28(24)36-27)23-14-17-25(18-15-23)44(39,40)32(33,34)35/h14-19,22H,4-13,20-21H2,1-3H3. The van der Waals surface area contributed by atoms with Gasteiger partial charge in [-0.15, -0.1) is 0 Å². The number of pyridine rings is 1. The Morgan fingerprint density at radius 3 is 2.00 bits per heavy atom. The fourth-order valence-electron chi connectivity index (χ4n) is 4.33. The Hall–Kier alpha value is -3.41. The molecule has 8 nitrogen and oxygen atoms in total. The highest BCUT2D eigenvalue weighted by Crippen LogP contribution is 2.31. The molecule has 0 saturated carbocycles. The molecule has 2 heterocycles. The molecule has 12 heteroatoms. The van der Waals surface area contributed by atoms with Gasteiger partial charge in [-0.05, 0) is 62.9 Å². The van der Waals surface area contributed by atoms with Crippen molar-refractivity contribution in [2.45, 2.75) is 95.4 Å². The van der Waals surface area contributed by atoms with E-state index in [1.54, 1.807) is 12.1 Å². The Kier molecular flexibility index (Phi) is 12.4. The average Bonchev–Trinajstić information content (AvgIpc) is 2.98. The summed E-state index contributed by atoms with van der Waals surface area (Å²) in [6.07, 6.45) is 10.3. The number of halogens is 3. The number of nitrogens with zero attached hydrogens (tertiary/aromatic N) is 1. The van der Waals surface area contributed by atoms with Crippen molar-refractivity contribution in [2.24, 2.45) is 5.41 Å². The summed E-state index contributed by atoms with van der Waals surface area (Å²) in [5.74, 6) is 0.181. The van der Waals surface area contributed by atoms with Crippen LogP contribution in [0.1, 0.15) is 85.0 Å². The van der Waals surface area contributed by atoms with Gasteiger partial charge in [-0.3, -0.25) is 4.79 Å². The molecule has 0 aliphatic carbocycles. The van der Waals surface area contributed by atoms with Crippen molar-refractivity contribution in [1.29, 1.82) is 0 Å². The van der Waals surface area contributed by atoms with Gasteiger partial charge in [-0.25, -0.2) is 13.2 Å². The van der Waals surface area contributed by atoms with Crippen molar-refractivity contribution in [3.05, 3.63) is 52.9 Å². The van der Waals surface area contributed by atoms with Gasteiger partial charge in [0.15, 0.2) is 0 Å². The molecule has 0 unspecified atom stereocenters. The lowest BCUT2D eigenvalue weighted by atomic mass is 9.91. The monoisotopic (exact) mass is 639 g/mol. The molecule has 0 radical (unpaired) electrons. The third kappa shape index (κ3) is 9.54. The quantitative estimate of drug-likeness (QED) is 0.108. The van der Waals surface area contributed by atoms with E-state index in [9.17, 15) is 31.2 Å². The minimum Gasteiger partial charge on any atom is -0.478 e. The minimum absolute atomic E-state index is 0.0514. The van der Waals surface area contributed by atoms with Gasteiger partial charge in [0.05, 0.1) is 29.1 Å². The Balaban J connectivity index is 1.36. The summed E-state index contributed by atoms with van der Waals surface area (Å²) in [6, 6.07) is 8.62. The van der Waals surface area contributed by atoms with Gasteiger partial charge in [-0.1, -0.05) is 64.0 Å². The van der Waals surface area contributed by atoms with E-state index in [1.807, 2.05) is 20.8 Å². The number of unbranched alkanes of at least 4 members (excludes halogenated alkanes) is 8. The maximum absolute atomic E-state index is 12.8. The molecular formula is C32H40F3NO7S. The third-order valence-electron chi connectivity index (χ3n) is 7.56. The zero-order valence-electron chi connectivity index (χ0n) is 25.4. The van der Waals surface area contributed by atoms with E-state index in [0.717, 1.165) is 88.5 Å². The molecule has 0 atom stereocenters. The van der Waals surface area contributed by atoms with E-state index >= 15 is 0 Å². The zero-order valence-corrected chi connectivity index (χ0v) is 26.2. The first-order chi connectivity index (χ1) is 20.8. The predicted octanol–water partition coefficient (Wildman–Crippen LogP) is 8.02. The number of esters is 1. The molecule has 44 heavy (non-hydrogen) atoms. The van der Waals surface area contributed by atoms with Crippen LogP contribution in [-0.4, -0.2) is 38.1 Å². The smallest absolute Gasteiger partial charge is 0.478 e. The summed E-state index contributed by atoms with van der Waals surface area (Å²) in [5.41, 5.74) is -6.29. The number of benzene rings is 1. The number of carbonyl (C=O) groups is 1. The second kappa shape index (κ2) is 15.5. The second-order valence-electron chi connectivity index (χ2n) is 11.4. The van der Waals surface area contributed by atoms with E-state index in [1.165, 1.54) is 6.07 Å². The lowest BCUT2D eigenvalue weighted by Crippen LogP contribution is -2.26. The zero-order chi connectivity index (χ0) is 32.4. The SMILES string of the molecule is CCC(C)(C)C(=O)OCCCCCCCCCCCOc1ccc2cc(-c3ccc(S(=O)(=O)C(F)(F)F)cc3)c(=O)oc2n1. The molecule has 2 aromatic heterocycles. The van der Waals surface area contributed by atoms with Crippen molar-refractivity contribution < 1.29 is 40.3 Å². The van der Waals surface area contributed by atoms with Gasteiger partial charge in [0, 0.05) is 11.5 Å². The topological polar surface area (TPSA) is 113 Å². The van der Waals surface area contributed by atoms with Gasteiger partial charge in [0.2, 0.25) is 11.6 Å². The number of ether oxygens (including phenoxy) is 2. The molecule has 0 N–H and O–H groups in total. The van der Waals surface area contributed by atoms with Crippen molar-refractivity contribution in [1.82, 2.24) is 4.98 Å². The summed E-state index contributed by atoms with van der Waals surface area (Å²) in [5, 5.41) is 0.473. The maximum atomic E-state index is 12.8. The highest BCUT2D eigenvalue weighted by Gasteiger charge is 2.46. The number of hydrogen-bond donors (Lipinski definition) is 0. The van der Waals surface area contributed by atoms with Crippen LogP contribution in [0.4, 0.5) is 13.2 Å². The number of aromatic nitrogens is 1. The molecule has 3 rings (SSSR count). The largest absolute Gasteiger partial charge is 0.501 e. The summed E-state index contributed by atoms with van der Waals surface area (Å²) >= 11 is 0. The summed E-state index contributed by atoms with van der Waals surface area (Å²) in [7, 11) is -5.49. The van der Waals surface area contributed by atoms with Gasteiger partial charge in [-0.2, -0.15) is 18.2 Å². The predicted molar refractivity (Wildman–Crippen MR) is 161 cm³/mol. The van der Waals surface area contributed by atoms with Crippen LogP contribution in [0, 0.1) is 5.41 Å². The number of sulfone groups is 1. The van der Waals surface area contributed by atoms with Crippen LogP contribution in [-0.2, 0) is 19.4 Å². The summed E-state index contributed by atoms with van der Waals surface area (Å²) in [4.78, 5) is 27.8. The molecule has 0 aliphatic heterocycles. The summed E-state index contributed by atoms with van der Waals surface area (Å²) in [6.45, 7) is 6.74.